The van der Waals surface area contributed by atoms with Crippen LogP contribution in [0.25, 0.3) is 0 Å². The molecular formula is C12H19N5OS. The van der Waals surface area contributed by atoms with Crippen molar-refractivity contribution >= 4 is 17.4 Å². The van der Waals surface area contributed by atoms with E-state index in [-0.39, 0.29) is 6.04 Å². The molecule has 0 amide bonds. The molecule has 6 nitrogen and oxygen atoms in total. The molecule has 0 aromatic carbocycles. The quantitative estimate of drug-likeness (QED) is 0.759. The molecule has 0 fully saturated rings. The van der Waals surface area contributed by atoms with Crippen molar-refractivity contribution in [1.82, 2.24) is 20.5 Å². The molecule has 0 radical (unpaired) electrons. The summed E-state index contributed by atoms with van der Waals surface area (Å²) in [6, 6.07) is 0.504. The van der Waals surface area contributed by atoms with Gasteiger partial charge in [-0.1, -0.05) is 12.0 Å². The molecule has 2 aromatic rings. The summed E-state index contributed by atoms with van der Waals surface area (Å²) < 4.78 is 5.51. The van der Waals surface area contributed by atoms with Crippen LogP contribution in [0.1, 0.15) is 42.9 Å². The Balaban J connectivity index is 1.88. The highest BCUT2D eigenvalue weighted by Crippen LogP contribution is 2.21. The van der Waals surface area contributed by atoms with Gasteiger partial charge in [0, 0.05) is 11.1 Å². The number of nitrogens with one attached hydrogen (secondary N) is 2. The van der Waals surface area contributed by atoms with E-state index in [1.165, 1.54) is 0 Å². The highest BCUT2D eigenvalue weighted by molar-refractivity contribution is 7.09. The van der Waals surface area contributed by atoms with Crippen molar-refractivity contribution in [1.29, 1.82) is 0 Å². The lowest BCUT2D eigenvalue weighted by Gasteiger charge is -2.07. The van der Waals surface area contributed by atoms with Crippen LogP contribution in [0.2, 0.25) is 0 Å². The van der Waals surface area contributed by atoms with E-state index >= 15 is 0 Å². The standard InChI is InChI=1S/C12H19N5OS/c1-4-5-13-6-10-16-17-12(18-10)15-9(3)11-14-8(2)7-19-11/h7,9,13H,4-6H2,1-3H3,(H,15,17). The maximum atomic E-state index is 5.51. The van der Waals surface area contributed by atoms with Crippen LogP contribution >= 0.6 is 11.3 Å². The first-order valence-corrected chi connectivity index (χ1v) is 7.28. The molecule has 0 aliphatic rings. The number of hydrogen-bond acceptors (Lipinski definition) is 7. The Morgan fingerprint density at radius 3 is 2.95 bits per heavy atom. The summed E-state index contributed by atoms with van der Waals surface area (Å²) in [5.74, 6) is 0.596. The molecule has 2 heterocycles. The van der Waals surface area contributed by atoms with Crippen molar-refractivity contribution in [3.05, 3.63) is 22.0 Å². The van der Waals surface area contributed by atoms with Crippen LogP contribution in [0.15, 0.2) is 9.80 Å². The third kappa shape index (κ3) is 4.00. The van der Waals surface area contributed by atoms with Crippen LogP contribution in [0.5, 0.6) is 0 Å². The summed E-state index contributed by atoms with van der Waals surface area (Å²) in [6.07, 6.45) is 1.08. The fourth-order valence-electron chi connectivity index (χ4n) is 1.57. The van der Waals surface area contributed by atoms with E-state index in [9.17, 15) is 0 Å². The number of hydrogen-bond donors (Lipinski definition) is 2. The van der Waals surface area contributed by atoms with Gasteiger partial charge in [0.15, 0.2) is 0 Å². The van der Waals surface area contributed by atoms with E-state index in [0.29, 0.717) is 18.5 Å². The average Bonchev–Trinajstić information content (AvgIpc) is 2.99. The number of thiazole rings is 1. The van der Waals surface area contributed by atoms with Crippen molar-refractivity contribution in [2.24, 2.45) is 0 Å². The zero-order chi connectivity index (χ0) is 13.7. The Morgan fingerprint density at radius 2 is 2.26 bits per heavy atom. The predicted octanol–water partition coefficient (Wildman–Crippen LogP) is 2.51. The zero-order valence-electron chi connectivity index (χ0n) is 11.4. The van der Waals surface area contributed by atoms with Gasteiger partial charge in [0.05, 0.1) is 12.6 Å². The SMILES string of the molecule is CCCNCc1nnc(NC(C)c2nc(C)cs2)o1. The van der Waals surface area contributed by atoms with Crippen molar-refractivity contribution in [3.8, 4) is 0 Å². The topological polar surface area (TPSA) is 75.9 Å². The Hall–Kier alpha value is -1.47. The molecule has 104 valence electrons. The van der Waals surface area contributed by atoms with E-state index in [1.54, 1.807) is 11.3 Å². The first kappa shape index (κ1) is 14.0. The van der Waals surface area contributed by atoms with Gasteiger partial charge in [-0.3, -0.25) is 0 Å². The van der Waals surface area contributed by atoms with Crippen LogP contribution in [0.4, 0.5) is 6.01 Å². The van der Waals surface area contributed by atoms with E-state index in [4.69, 9.17) is 4.42 Å². The number of anilines is 1. The first-order chi connectivity index (χ1) is 9.19. The highest BCUT2D eigenvalue weighted by atomic mass is 32.1. The summed E-state index contributed by atoms with van der Waals surface area (Å²) in [5, 5.41) is 17.4. The number of nitrogens with zero attached hydrogens (tertiary/aromatic N) is 3. The maximum absolute atomic E-state index is 5.51. The molecule has 2 aromatic heterocycles. The maximum Gasteiger partial charge on any atom is 0.316 e. The molecule has 0 aliphatic carbocycles. The molecule has 2 N–H and O–H groups in total. The molecule has 1 unspecified atom stereocenters. The number of aryl methyl sites for hydroxylation is 1. The Labute approximate surface area is 116 Å². The second kappa shape index (κ2) is 6.63. The fraction of sp³-hybridized carbons (Fsp3) is 0.583. The summed E-state index contributed by atoms with van der Waals surface area (Å²) in [7, 11) is 0. The van der Waals surface area contributed by atoms with Crippen molar-refractivity contribution in [2.75, 3.05) is 11.9 Å². The van der Waals surface area contributed by atoms with Gasteiger partial charge in [-0.2, -0.15) is 0 Å². The van der Waals surface area contributed by atoms with Crippen LogP contribution in [0.3, 0.4) is 0 Å². The smallest absolute Gasteiger partial charge is 0.316 e. The Bertz CT molecular complexity index is 510. The van der Waals surface area contributed by atoms with Gasteiger partial charge in [0.1, 0.15) is 5.01 Å². The summed E-state index contributed by atoms with van der Waals surface area (Å²) in [6.45, 7) is 7.67. The Kier molecular flexibility index (Phi) is 4.86. The molecule has 0 saturated carbocycles. The van der Waals surface area contributed by atoms with E-state index < -0.39 is 0 Å². The van der Waals surface area contributed by atoms with Gasteiger partial charge in [0.2, 0.25) is 5.89 Å². The molecule has 2 rings (SSSR count). The summed E-state index contributed by atoms with van der Waals surface area (Å²) in [5.41, 5.74) is 1.03. The van der Waals surface area contributed by atoms with Crippen molar-refractivity contribution in [2.45, 2.75) is 39.8 Å². The third-order valence-corrected chi connectivity index (χ3v) is 3.66. The first-order valence-electron chi connectivity index (χ1n) is 6.40. The van der Waals surface area contributed by atoms with E-state index in [1.807, 2.05) is 19.2 Å². The average molecular weight is 281 g/mol. The molecule has 7 heteroatoms. The molecule has 0 aliphatic heterocycles. The number of rotatable bonds is 7. The lowest BCUT2D eigenvalue weighted by atomic mass is 10.3. The summed E-state index contributed by atoms with van der Waals surface area (Å²) >= 11 is 1.62. The van der Waals surface area contributed by atoms with Crippen LogP contribution in [0, 0.1) is 6.92 Å². The van der Waals surface area contributed by atoms with E-state index in [2.05, 4.69) is 32.7 Å². The summed E-state index contributed by atoms with van der Waals surface area (Å²) in [4.78, 5) is 4.43. The van der Waals surface area contributed by atoms with Crippen LogP contribution in [-0.4, -0.2) is 21.7 Å². The minimum Gasteiger partial charge on any atom is -0.407 e. The minimum absolute atomic E-state index is 0.0654. The molecule has 0 spiro atoms. The van der Waals surface area contributed by atoms with Crippen LogP contribution < -0.4 is 10.6 Å². The van der Waals surface area contributed by atoms with Gasteiger partial charge in [0.25, 0.3) is 0 Å². The highest BCUT2D eigenvalue weighted by Gasteiger charge is 2.13. The normalized spacial score (nSPS) is 12.6. The molecular weight excluding hydrogens is 262 g/mol. The zero-order valence-corrected chi connectivity index (χ0v) is 12.3. The van der Waals surface area contributed by atoms with Crippen LogP contribution in [-0.2, 0) is 6.54 Å². The van der Waals surface area contributed by atoms with Crippen molar-refractivity contribution < 1.29 is 4.42 Å². The minimum atomic E-state index is 0.0654. The Morgan fingerprint density at radius 1 is 1.42 bits per heavy atom. The van der Waals surface area contributed by atoms with Gasteiger partial charge >= 0.3 is 6.01 Å². The fourth-order valence-corrected chi connectivity index (χ4v) is 2.38. The second-order valence-corrected chi connectivity index (χ2v) is 5.26. The number of aromatic nitrogens is 3. The lowest BCUT2D eigenvalue weighted by molar-refractivity contribution is 0.474. The predicted molar refractivity (Wildman–Crippen MR) is 75.2 cm³/mol. The lowest BCUT2D eigenvalue weighted by Crippen LogP contribution is -2.13. The second-order valence-electron chi connectivity index (χ2n) is 4.37. The van der Waals surface area contributed by atoms with Crippen molar-refractivity contribution in [3.63, 3.8) is 0 Å². The van der Waals surface area contributed by atoms with Gasteiger partial charge in [-0.05, 0) is 26.8 Å². The van der Waals surface area contributed by atoms with Gasteiger partial charge in [-0.15, -0.1) is 16.4 Å². The third-order valence-electron chi connectivity index (χ3n) is 2.52. The molecule has 0 bridgehead atoms. The molecule has 19 heavy (non-hydrogen) atoms. The van der Waals surface area contributed by atoms with E-state index in [0.717, 1.165) is 23.7 Å². The molecule has 1 atom stereocenters. The molecule has 0 saturated heterocycles. The van der Waals surface area contributed by atoms with Gasteiger partial charge in [-0.25, -0.2) is 4.98 Å². The largest absolute Gasteiger partial charge is 0.407 e. The van der Waals surface area contributed by atoms with Gasteiger partial charge < -0.3 is 15.1 Å². The monoisotopic (exact) mass is 281 g/mol.